The molecular weight excluding hydrogens is 473 g/mol. The molecule has 2 aliphatic heterocycles. The Morgan fingerprint density at radius 2 is 1.80 bits per heavy atom. The first kappa shape index (κ1) is 24.1. The first-order valence-electron chi connectivity index (χ1n) is 12.3. The SMILES string of the molecule is C[C@@H]1CN(C(=O)c2nn(CC(=O)N3CCN(c4cccc(F)c4Cl)CC3)c3c2CCC3)C[C@H](C)O1. The maximum Gasteiger partial charge on any atom is 0.274 e. The molecule has 3 aliphatic rings. The molecular formula is C25H31ClFN5O3. The second-order valence-electron chi connectivity index (χ2n) is 9.69. The van der Waals surface area contributed by atoms with Gasteiger partial charge < -0.3 is 19.4 Å². The number of fused-ring (bicyclic) bond motifs is 1. The summed E-state index contributed by atoms with van der Waals surface area (Å²) in [7, 11) is 0. The van der Waals surface area contributed by atoms with E-state index in [9.17, 15) is 14.0 Å². The van der Waals surface area contributed by atoms with Crippen molar-refractivity contribution in [1.82, 2.24) is 19.6 Å². The van der Waals surface area contributed by atoms with Gasteiger partial charge in [0.1, 0.15) is 12.4 Å². The second kappa shape index (κ2) is 9.78. The molecule has 1 aromatic heterocycles. The number of hydrogen-bond acceptors (Lipinski definition) is 5. The van der Waals surface area contributed by atoms with Gasteiger partial charge in [-0.2, -0.15) is 5.10 Å². The number of hydrogen-bond donors (Lipinski definition) is 0. The molecule has 2 fully saturated rings. The fourth-order valence-corrected chi connectivity index (χ4v) is 5.71. The van der Waals surface area contributed by atoms with Gasteiger partial charge in [-0.25, -0.2) is 4.39 Å². The van der Waals surface area contributed by atoms with Crippen molar-refractivity contribution in [2.45, 2.75) is 51.9 Å². The van der Waals surface area contributed by atoms with Crippen LogP contribution in [0.25, 0.3) is 0 Å². The van der Waals surface area contributed by atoms with E-state index in [1.165, 1.54) is 6.07 Å². The van der Waals surface area contributed by atoms with Gasteiger partial charge in [0.05, 0.1) is 22.9 Å². The number of anilines is 1. The third-order valence-electron chi connectivity index (χ3n) is 7.11. The van der Waals surface area contributed by atoms with Crippen molar-refractivity contribution in [1.29, 1.82) is 0 Å². The highest BCUT2D eigenvalue weighted by Gasteiger charge is 2.33. The minimum absolute atomic E-state index is 0.0136. The molecule has 2 aromatic rings. The summed E-state index contributed by atoms with van der Waals surface area (Å²) >= 11 is 6.14. The monoisotopic (exact) mass is 503 g/mol. The molecule has 2 atom stereocenters. The molecule has 0 N–H and O–H groups in total. The molecule has 10 heteroatoms. The minimum atomic E-state index is -0.443. The number of benzene rings is 1. The Morgan fingerprint density at radius 3 is 2.51 bits per heavy atom. The maximum absolute atomic E-state index is 13.8. The lowest BCUT2D eigenvalue weighted by molar-refractivity contribution is -0.132. The van der Waals surface area contributed by atoms with E-state index >= 15 is 0 Å². The van der Waals surface area contributed by atoms with Crippen molar-refractivity contribution in [3.05, 3.63) is 46.0 Å². The molecule has 2 saturated heterocycles. The molecule has 0 saturated carbocycles. The lowest BCUT2D eigenvalue weighted by atomic mass is 10.1. The van der Waals surface area contributed by atoms with Gasteiger partial charge in [0, 0.05) is 50.5 Å². The van der Waals surface area contributed by atoms with Crippen LogP contribution in [0.1, 0.15) is 42.0 Å². The molecule has 35 heavy (non-hydrogen) atoms. The largest absolute Gasteiger partial charge is 0.372 e. The molecule has 8 nitrogen and oxygen atoms in total. The quantitative estimate of drug-likeness (QED) is 0.641. The van der Waals surface area contributed by atoms with Crippen LogP contribution in [-0.2, 0) is 28.9 Å². The number of ether oxygens (including phenoxy) is 1. The molecule has 0 radical (unpaired) electrons. The van der Waals surface area contributed by atoms with E-state index in [4.69, 9.17) is 16.3 Å². The predicted molar refractivity (Wildman–Crippen MR) is 130 cm³/mol. The van der Waals surface area contributed by atoms with Crippen LogP contribution in [0.2, 0.25) is 5.02 Å². The van der Waals surface area contributed by atoms with E-state index < -0.39 is 5.82 Å². The van der Waals surface area contributed by atoms with Gasteiger partial charge in [-0.15, -0.1) is 0 Å². The van der Waals surface area contributed by atoms with Crippen molar-refractivity contribution < 1.29 is 18.7 Å². The summed E-state index contributed by atoms with van der Waals surface area (Å²) in [6, 6.07) is 4.78. The van der Waals surface area contributed by atoms with Gasteiger partial charge in [-0.05, 0) is 45.2 Å². The fraction of sp³-hybridized carbons (Fsp3) is 0.560. The van der Waals surface area contributed by atoms with Crippen molar-refractivity contribution in [2.75, 3.05) is 44.2 Å². The zero-order chi connectivity index (χ0) is 24.7. The average Bonchev–Trinajstić information content (AvgIpc) is 3.44. The molecule has 2 amide bonds. The lowest BCUT2D eigenvalue weighted by Gasteiger charge is -2.36. The number of rotatable bonds is 4. The number of morpholine rings is 1. The number of aromatic nitrogens is 2. The highest BCUT2D eigenvalue weighted by atomic mass is 35.5. The zero-order valence-electron chi connectivity index (χ0n) is 20.2. The van der Waals surface area contributed by atoms with Crippen LogP contribution >= 0.6 is 11.6 Å². The predicted octanol–water partition coefficient (Wildman–Crippen LogP) is 2.76. The van der Waals surface area contributed by atoms with Crippen LogP contribution in [0.5, 0.6) is 0 Å². The van der Waals surface area contributed by atoms with Crippen LogP contribution in [-0.4, -0.2) is 82.9 Å². The van der Waals surface area contributed by atoms with Crippen LogP contribution in [0.15, 0.2) is 18.2 Å². The Balaban J connectivity index is 1.26. The third kappa shape index (κ3) is 4.76. The number of nitrogens with zero attached hydrogens (tertiary/aromatic N) is 5. The van der Waals surface area contributed by atoms with Gasteiger partial charge in [-0.3, -0.25) is 14.3 Å². The van der Waals surface area contributed by atoms with Crippen molar-refractivity contribution in [2.24, 2.45) is 0 Å². The Morgan fingerprint density at radius 1 is 1.09 bits per heavy atom. The van der Waals surface area contributed by atoms with Crippen molar-refractivity contribution in [3.8, 4) is 0 Å². The number of halogens is 2. The van der Waals surface area contributed by atoms with E-state index in [0.29, 0.717) is 50.6 Å². The van der Waals surface area contributed by atoms with Gasteiger partial charge >= 0.3 is 0 Å². The maximum atomic E-state index is 13.8. The lowest BCUT2D eigenvalue weighted by Crippen LogP contribution is -2.50. The first-order chi connectivity index (χ1) is 16.8. The summed E-state index contributed by atoms with van der Waals surface area (Å²) in [5, 5.41) is 4.75. The van der Waals surface area contributed by atoms with E-state index in [-0.39, 0.29) is 35.6 Å². The smallest absolute Gasteiger partial charge is 0.274 e. The Hall–Kier alpha value is -2.65. The molecule has 5 rings (SSSR count). The Labute approximate surface area is 209 Å². The highest BCUT2D eigenvalue weighted by molar-refractivity contribution is 6.33. The Bertz CT molecular complexity index is 1120. The fourth-order valence-electron chi connectivity index (χ4n) is 5.47. The summed E-state index contributed by atoms with van der Waals surface area (Å²) < 4.78 is 21.3. The molecule has 0 unspecified atom stereocenters. The normalized spacial score (nSPS) is 22.5. The highest BCUT2D eigenvalue weighted by Crippen LogP contribution is 2.30. The molecule has 188 valence electrons. The minimum Gasteiger partial charge on any atom is -0.372 e. The van der Waals surface area contributed by atoms with Gasteiger partial charge in [0.15, 0.2) is 5.69 Å². The topological polar surface area (TPSA) is 70.9 Å². The molecule has 0 spiro atoms. The van der Waals surface area contributed by atoms with E-state index in [2.05, 4.69) is 5.10 Å². The van der Waals surface area contributed by atoms with Crippen molar-refractivity contribution in [3.63, 3.8) is 0 Å². The van der Waals surface area contributed by atoms with Crippen LogP contribution in [0, 0.1) is 5.82 Å². The van der Waals surface area contributed by atoms with Gasteiger partial charge in [0.25, 0.3) is 5.91 Å². The van der Waals surface area contributed by atoms with E-state index in [1.54, 1.807) is 21.7 Å². The number of carbonyl (C=O) groups excluding carboxylic acids is 2. The first-order valence-corrected chi connectivity index (χ1v) is 12.7. The number of amides is 2. The van der Waals surface area contributed by atoms with Crippen LogP contribution < -0.4 is 4.90 Å². The zero-order valence-corrected chi connectivity index (χ0v) is 20.9. The molecule has 0 bridgehead atoms. The summed E-state index contributed by atoms with van der Waals surface area (Å²) in [5.74, 6) is -0.543. The summed E-state index contributed by atoms with van der Waals surface area (Å²) in [6.45, 7) is 7.33. The van der Waals surface area contributed by atoms with Crippen molar-refractivity contribution >= 4 is 29.1 Å². The summed E-state index contributed by atoms with van der Waals surface area (Å²) in [4.78, 5) is 32.1. The third-order valence-corrected chi connectivity index (χ3v) is 7.48. The summed E-state index contributed by atoms with van der Waals surface area (Å²) in [6.07, 6.45) is 2.57. The Kier molecular flexibility index (Phi) is 6.72. The molecule has 3 heterocycles. The number of carbonyl (C=O) groups is 2. The van der Waals surface area contributed by atoms with Gasteiger partial charge in [-0.1, -0.05) is 17.7 Å². The average molecular weight is 504 g/mol. The second-order valence-corrected chi connectivity index (χ2v) is 10.1. The van der Waals surface area contributed by atoms with Crippen LogP contribution in [0.3, 0.4) is 0 Å². The van der Waals surface area contributed by atoms with E-state index in [1.807, 2.05) is 23.6 Å². The molecule has 1 aliphatic carbocycles. The summed E-state index contributed by atoms with van der Waals surface area (Å²) in [5.41, 5.74) is 3.12. The standard InChI is InChI=1S/C25H31ClFN5O3/c1-16-13-31(14-17(2)35-16)25(34)24-18-5-3-7-20(18)32(28-24)15-22(33)30-11-9-29(10-12-30)21-8-4-6-19(27)23(21)26/h4,6,8,16-17H,3,5,7,9-15H2,1-2H3/t16-,17+. The van der Waals surface area contributed by atoms with E-state index in [0.717, 1.165) is 30.5 Å². The molecule has 1 aromatic carbocycles. The number of piperazine rings is 1. The van der Waals surface area contributed by atoms with Gasteiger partial charge in [0.2, 0.25) is 5.91 Å². The van der Waals surface area contributed by atoms with Crippen LogP contribution in [0.4, 0.5) is 10.1 Å².